The molecule has 4 heteroatoms. The molecule has 0 aliphatic carbocycles. The number of nitrogens with one attached hydrogen (secondary N) is 1. The number of halogens is 1. The minimum Gasteiger partial charge on any atom is -0.494 e. The Kier molecular flexibility index (Phi) is 4.97. The van der Waals surface area contributed by atoms with Gasteiger partial charge in [0.15, 0.2) is 0 Å². The fourth-order valence-electron chi connectivity index (χ4n) is 1.97. The summed E-state index contributed by atoms with van der Waals surface area (Å²) in [5.74, 6) is 0.852. The Labute approximate surface area is 120 Å². The third kappa shape index (κ3) is 3.80. The summed E-state index contributed by atoms with van der Waals surface area (Å²) in [7, 11) is 0. The van der Waals surface area contributed by atoms with Crippen LogP contribution in [0.4, 0.5) is 0 Å². The molecule has 19 heavy (non-hydrogen) atoms. The summed E-state index contributed by atoms with van der Waals surface area (Å²) in [4.78, 5) is 2.21. The van der Waals surface area contributed by atoms with Crippen molar-refractivity contribution in [2.24, 2.45) is 0 Å². The second-order valence-corrected chi connectivity index (χ2v) is 5.19. The third-order valence-electron chi connectivity index (χ3n) is 3.24. The Morgan fingerprint density at radius 3 is 2.89 bits per heavy atom. The number of unbranched alkanes of at least 4 members (excludes halogenated alkanes) is 1. The Morgan fingerprint density at radius 1 is 1.42 bits per heavy atom. The first-order chi connectivity index (χ1) is 9.20. The van der Waals surface area contributed by atoms with Gasteiger partial charge in [-0.1, -0.05) is 31.0 Å². The maximum absolute atomic E-state index is 6.32. The monoisotopic (exact) mass is 280 g/mol. The van der Waals surface area contributed by atoms with Crippen molar-refractivity contribution >= 4 is 11.6 Å². The van der Waals surface area contributed by atoms with Gasteiger partial charge in [0.2, 0.25) is 0 Å². The fraction of sp³-hybridized carbons (Fsp3) is 0.467. The standard InChI is InChI=1S/C15H21ClN2O/c1-3-4-9-19-14-6-5-13(15(16)10-14)11-18-8-7-17-12(18)2/h5-8,10,12,17H,3-4,9,11H2,1-2H3. The zero-order valence-electron chi connectivity index (χ0n) is 11.5. The second kappa shape index (κ2) is 6.71. The van der Waals surface area contributed by atoms with E-state index in [2.05, 4.69) is 24.1 Å². The normalized spacial score (nSPS) is 17.6. The van der Waals surface area contributed by atoms with Crippen molar-refractivity contribution in [2.45, 2.75) is 39.4 Å². The van der Waals surface area contributed by atoms with E-state index in [9.17, 15) is 0 Å². The lowest BCUT2D eigenvalue weighted by Gasteiger charge is -2.22. The lowest BCUT2D eigenvalue weighted by Crippen LogP contribution is -2.31. The Bertz CT molecular complexity index is 448. The van der Waals surface area contributed by atoms with Crippen LogP contribution in [-0.4, -0.2) is 17.7 Å². The van der Waals surface area contributed by atoms with Crippen LogP contribution in [0.2, 0.25) is 5.02 Å². The maximum Gasteiger partial charge on any atom is 0.120 e. The van der Waals surface area contributed by atoms with E-state index < -0.39 is 0 Å². The summed E-state index contributed by atoms with van der Waals surface area (Å²) in [6.45, 7) is 5.83. The predicted octanol–water partition coefficient (Wildman–Crippen LogP) is 3.74. The second-order valence-electron chi connectivity index (χ2n) is 4.79. The molecule has 1 unspecified atom stereocenters. The smallest absolute Gasteiger partial charge is 0.120 e. The molecule has 1 heterocycles. The topological polar surface area (TPSA) is 24.5 Å². The Morgan fingerprint density at radius 2 is 2.26 bits per heavy atom. The van der Waals surface area contributed by atoms with E-state index in [0.717, 1.165) is 42.3 Å². The summed E-state index contributed by atoms with van der Waals surface area (Å²) < 4.78 is 5.65. The van der Waals surface area contributed by atoms with E-state index in [1.54, 1.807) is 0 Å². The molecule has 1 N–H and O–H groups in total. The van der Waals surface area contributed by atoms with Crippen LogP contribution in [0.1, 0.15) is 32.3 Å². The molecule has 0 radical (unpaired) electrons. The van der Waals surface area contributed by atoms with Gasteiger partial charge in [0.05, 0.1) is 12.8 Å². The summed E-state index contributed by atoms with van der Waals surface area (Å²) in [6.07, 6.45) is 6.53. The van der Waals surface area contributed by atoms with Crippen molar-refractivity contribution in [1.82, 2.24) is 10.2 Å². The van der Waals surface area contributed by atoms with E-state index in [4.69, 9.17) is 16.3 Å². The molecule has 3 nitrogen and oxygen atoms in total. The Balaban J connectivity index is 1.96. The zero-order chi connectivity index (χ0) is 13.7. The van der Waals surface area contributed by atoms with Crippen molar-refractivity contribution in [3.63, 3.8) is 0 Å². The summed E-state index contributed by atoms with van der Waals surface area (Å²) >= 11 is 6.32. The molecular weight excluding hydrogens is 260 g/mol. The Hall–Kier alpha value is -1.35. The molecule has 1 aromatic carbocycles. The largest absolute Gasteiger partial charge is 0.494 e. The first kappa shape index (κ1) is 14.1. The van der Waals surface area contributed by atoms with Gasteiger partial charge >= 0.3 is 0 Å². The van der Waals surface area contributed by atoms with E-state index >= 15 is 0 Å². The quantitative estimate of drug-likeness (QED) is 0.804. The molecule has 1 aromatic rings. The minimum absolute atomic E-state index is 0.316. The molecule has 1 aliphatic heterocycles. The van der Waals surface area contributed by atoms with Crippen molar-refractivity contribution in [3.8, 4) is 5.75 Å². The fourth-order valence-corrected chi connectivity index (χ4v) is 2.20. The van der Waals surface area contributed by atoms with Crippen LogP contribution in [0, 0.1) is 0 Å². The van der Waals surface area contributed by atoms with Gasteiger partial charge in [0, 0.05) is 24.0 Å². The van der Waals surface area contributed by atoms with E-state index in [0.29, 0.717) is 6.17 Å². The summed E-state index contributed by atoms with van der Waals surface area (Å²) in [5.41, 5.74) is 1.12. The van der Waals surface area contributed by atoms with Gasteiger partial charge in [0.25, 0.3) is 0 Å². The first-order valence-electron chi connectivity index (χ1n) is 6.80. The minimum atomic E-state index is 0.316. The van der Waals surface area contributed by atoms with Crippen LogP contribution in [-0.2, 0) is 6.54 Å². The average Bonchev–Trinajstić information content (AvgIpc) is 2.79. The summed E-state index contributed by atoms with van der Waals surface area (Å²) in [5, 5.41) is 4.00. The number of ether oxygens (including phenoxy) is 1. The molecule has 1 atom stereocenters. The van der Waals surface area contributed by atoms with Gasteiger partial charge in [-0.05, 0) is 31.0 Å². The highest BCUT2D eigenvalue weighted by atomic mass is 35.5. The van der Waals surface area contributed by atoms with Crippen molar-refractivity contribution in [3.05, 3.63) is 41.2 Å². The van der Waals surface area contributed by atoms with Crippen molar-refractivity contribution < 1.29 is 4.74 Å². The van der Waals surface area contributed by atoms with Gasteiger partial charge in [-0.3, -0.25) is 0 Å². The SMILES string of the molecule is CCCCOc1ccc(CN2C=CNC2C)c(Cl)c1. The number of hydrogen-bond donors (Lipinski definition) is 1. The first-order valence-corrected chi connectivity index (χ1v) is 7.18. The lowest BCUT2D eigenvalue weighted by atomic mass is 10.2. The van der Waals surface area contributed by atoms with Crippen LogP contribution in [0.25, 0.3) is 0 Å². The van der Waals surface area contributed by atoms with Crippen LogP contribution >= 0.6 is 11.6 Å². The van der Waals surface area contributed by atoms with E-state index in [-0.39, 0.29) is 0 Å². The van der Waals surface area contributed by atoms with Crippen LogP contribution in [0.5, 0.6) is 5.75 Å². The van der Waals surface area contributed by atoms with Gasteiger partial charge < -0.3 is 15.0 Å². The number of rotatable bonds is 6. The highest BCUT2D eigenvalue weighted by Gasteiger charge is 2.14. The van der Waals surface area contributed by atoms with Crippen LogP contribution in [0.15, 0.2) is 30.6 Å². The lowest BCUT2D eigenvalue weighted by molar-refractivity contribution is 0.290. The molecule has 0 saturated carbocycles. The molecule has 0 aromatic heterocycles. The number of hydrogen-bond acceptors (Lipinski definition) is 3. The van der Waals surface area contributed by atoms with E-state index in [1.165, 1.54) is 0 Å². The predicted molar refractivity (Wildman–Crippen MR) is 79.1 cm³/mol. The number of nitrogens with zero attached hydrogens (tertiary/aromatic N) is 1. The molecule has 0 amide bonds. The maximum atomic E-state index is 6.32. The van der Waals surface area contributed by atoms with Gasteiger partial charge in [-0.2, -0.15) is 0 Å². The molecule has 104 valence electrons. The molecule has 2 rings (SSSR count). The van der Waals surface area contributed by atoms with Crippen LogP contribution in [0.3, 0.4) is 0 Å². The van der Waals surface area contributed by atoms with Crippen molar-refractivity contribution in [1.29, 1.82) is 0 Å². The molecule has 0 saturated heterocycles. The highest BCUT2D eigenvalue weighted by molar-refractivity contribution is 6.31. The van der Waals surface area contributed by atoms with Crippen LogP contribution < -0.4 is 10.1 Å². The van der Waals surface area contributed by atoms with Gasteiger partial charge in [-0.25, -0.2) is 0 Å². The molecule has 0 bridgehead atoms. The molecule has 1 aliphatic rings. The van der Waals surface area contributed by atoms with Gasteiger partial charge in [-0.15, -0.1) is 0 Å². The molecular formula is C15H21ClN2O. The third-order valence-corrected chi connectivity index (χ3v) is 3.60. The van der Waals surface area contributed by atoms with Gasteiger partial charge in [0.1, 0.15) is 5.75 Å². The summed E-state index contributed by atoms with van der Waals surface area (Å²) in [6, 6.07) is 5.95. The van der Waals surface area contributed by atoms with E-state index in [1.807, 2.05) is 30.6 Å². The molecule has 0 fully saturated rings. The average molecular weight is 281 g/mol. The molecule has 0 spiro atoms. The number of benzene rings is 1. The van der Waals surface area contributed by atoms with Crippen molar-refractivity contribution in [2.75, 3.05) is 6.61 Å². The highest BCUT2D eigenvalue weighted by Crippen LogP contribution is 2.25. The zero-order valence-corrected chi connectivity index (χ0v) is 12.3.